The van der Waals surface area contributed by atoms with E-state index in [1.54, 1.807) is 19.1 Å². The Balaban J connectivity index is 2.00. The molecule has 0 amide bonds. The van der Waals surface area contributed by atoms with Crippen LogP contribution < -0.4 is 0 Å². The molecule has 1 aliphatic heterocycles. The molecule has 1 aliphatic carbocycles. The highest BCUT2D eigenvalue weighted by Crippen LogP contribution is 2.54. The fraction of sp³-hybridized carbons (Fsp3) is 0.647. The van der Waals surface area contributed by atoms with Crippen LogP contribution in [0.25, 0.3) is 0 Å². The number of rotatable bonds is 1. The zero-order valence-corrected chi connectivity index (χ0v) is 12.7. The molecule has 4 heteroatoms. The van der Waals surface area contributed by atoms with Crippen molar-refractivity contribution in [2.24, 2.45) is 11.8 Å². The van der Waals surface area contributed by atoms with E-state index in [9.17, 15) is 14.6 Å². The van der Waals surface area contributed by atoms with Gasteiger partial charge in [-0.05, 0) is 57.2 Å². The Labute approximate surface area is 124 Å². The van der Waals surface area contributed by atoms with Crippen molar-refractivity contribution >= 4 is 0 Å². The lowest BCUT2D eigenvalue weighted by Crippen LogP contribution is -2.60. The van der Waals surface area contributed by atoms with Gasteiger partial charge in [-0.2, -0.15) is 0 Å². The van der Waals surface area contributed by atoms with E-state index in [0.717, 1.165) is 12.0 Å². The van der Waals surface area contributed by atoms with Crippen LogP contribution in [0.15, 0.2) is 24.3 Å². The first-order chi connectivity index (χ1) is 9.72. The largest absolute Gasteiger partial charge is 0.390 e. The maximum absolute atomic E-state index is 13.1. The van der Waals surface area contributed by atoms with Crippen molar-refractivity contribution in [1.29, 1.82) is 0 Å². The van der Waals surface area contributed by atoms with Crippen molar-refractivity contribution in [3.63, 3.8) is 0 Å². The molecule has 2 bridgehead atoms. The van der Waals surface area contributed by atoms with Gasteiger partial charge in [0.2, 0.25) is 0 Å². The van der Waals surface area contributed by atoms with Crippen LogP contribution in [0.5, 0.6) is 0 Å². The van der Waals surface area contributed by atoms with Crippen molar-refractivity contribution in [2.75, 3.05) is 0 Å². The Morgan fingerprint density at radius 2 is 1.76 bits per heavy atom. The summed E-state index contributed by atoms with van der Waals surface area (Å²) in [5.74, 6) is -0.263. The molecule has 0 radical (unpaired) electrons. The predicted molar refractivity (Wildman–Crippen MR) is 77.1 cm³/mol. The molecule has 1 saturated heterocycles. The third kappa shape index (κ3) is 2.39. The van der Waals surface area contributed by atoms with E-state index >= 15 is 0 Å². The summed E-state index contributed by atoms with van der Waals surface area (Å²) in [6.07, 6.45) is 0.264. The minimum Gasteiger partial charge on any atom is -0.390 e. The first-order valence-electron chi connectivity index (χ1n) is 7.55. The zero-order valence-electron chi connectivity index (χ0n) is 12.7. The molecule has 1 aromatic carbocycles. The standard InChI is InChI=1S/C17H23FO3/c1-16(2)11-8-13(17(3,20)14(19)9-11)15(21-16)10-4-6-12(18)7-5-10/h4-7,11,13-15,19-20H,8-9H2,1-3H3/t11-,13+,14-,15-,17-/m0/s1. The highest BCUT2D eigenvalue weighted by molar-refractivity contribution is 5.23. The van der Waals surface area contributed by atoms with Gasteiger partial charge < -0.3 is 14.9 Å². The van der Waals surface area contributed by atoms with Gasteiger partial charge in [0, 0.05) is 5.92 Å². The number of hydrogen-bond acceptors (Lipinski definition) is 3. The van der Waals surface area contributed by atoms with Crippen LogP contribution in [0.4, 0.5) is 4.39 Å². The monoisotopic (exact) mass is 294 g/mol. The lowest BCUT2D eigenvalue weighted by molar-refractivity contribution is -0.261. The van der Waals surface area contributed by atoms with Gasteiger partial charge in [-0.3, -0.25) is 0 Å². The normalized spacial score (nSPS) is 41.8. The van der Waals surface area contributed by atoms with Crippen LogP contribution in [-0.2, 0) is 4.74 Å². The summed E-state index contributed by atoms with van der Waals surface area (Å²) in [5.41, 5.74) is -0.707. The lowest BCUT2D eigenvalue weighted by Gasteiger charge is -2.56. The number of aliphatic hydroxyl groups is 2. The molecule has 2 aliphatic rings. The van der Waals surface area contributed by atoms with Crippen molar-refractivity contribution in [3.8, 4) is 0 Å². The molecule has 1 aromatic rings. The number of fused-ring (bicyclic) bond motifs is 2. The van der Waals surface area contributed by atoms with Crippen LogP contribution in [-0.4, -0.2) is 27.5 Å². The van der Waals surface area contributed by atoms with Crippen molar-refractivity contribution < 1.29 is 19.3 Å². The zero-order chi connectivity index (χ0) is 15.4. The maximum Gasteiger partial charge on any atom is 0.123 e. The van der Waals surface area contributed by atoms with Crippen LogP contribution in [0.1, 0.15) is 45.3 Å². The summed E-state index contributed by atoms with van der Waals surface area (Å²) in [7, 11) is 0. The minimum absolute atomic E-state index is 0.190. The summed E-state index contributed by atoms with van der Waals surface area (Å²) in [6, 6.07) is 6.22. The molecule has 3 nitrogen and oxygen atoms in total. The molecule has 0 spiro atoms. The molecule has 2 fully saturated rings. The lowest BCUT2D eigenvalue weighted by atomic mass is 9.61. The molecule has 3 rings (SSSR count). The molecule has 5 atom stereocenters. The summed E-state index contributed by atoms with van der Waals surface area (Å²) in [4.78, 5) is 0. The second kappa shape index (κ2) is 4.77. The molecule has 116 valence electrons. The number of hydrogen-bond donors (Lipinski definition) is 2. The van der Waals surface area contributed by atoms with Gasteiger partial charge >= 0.3 is 0 Å². The third-order valence-corrected chi connectivity index (χ3v) is 5.45. The Kier molecular flexibility index (Phi) is 3.39. The molecule has 21 heavy (non-hydrogen) atoms. The first-order valence-corrected chi connectivity index (χ1v) is 7.55. The molecule has 1 heterocycles. The van der Waals surface area contributed by atoms with Gasteiger partial charge in [-0.1, -0.05) is 12.1 Å². The van der Waals surface area contributed by atoms with Crippen LogP contribution in [0.3, 0.4) is 0 Å². The Bertz CT molecular complexity index is 523. The van der Waals surface area contributed by atoms with E-state index in [1.165, 1.54) is 12.1 Å². The highest BCUT2D eigenvalue weighted by atomic mass is 19.1. The molecule has 1 saturated carbocycles. The van der Waals surface area contributed by atoms with Gasteiger partial charge in [0.05, 0.1) is 23.4 Å². The number of ether oxygens (including phenoxy) is 1. The maximum atomic E-state index is 13.1. The quantitative estimate of drug-likeness (QED) is 0.837. The predicted octanol–water partition coefficient (Wildman–Crippen LogP) is 2.81. The van der Waals surface area contributed by atoms with E-state index in [0.29, 0.717) is 6.42 Å². The molecule has 2 N–H and O–H groups in total. The van der Waals surface area contributed by atoms with Gasteiger partial charge in [0.25, 0.3) is 0 Å². The van der Waals surface area contributed by atoms with E-state index in [-0.39, 0.29) is 29.4 Å². The SMILES string of the molecule is CC1(C)O[C@@H](c2ccc(F)cc2)[C@H]2C[C@H]1C[C@H](O)[C@@]2(C)O. The average Bonchev–Trinajstić information content (AvgIpc) is 2.40. The molecular weight excluding hydrogens is 271 g/mol. The molecule has 0 aromatic heterocycles. The van der Waals surface area contributed by atoms with Crippen LogP contribution in [0, 0.1) is 17.7 Å². The number of halogens is 1. The summed E-state index contributed by atoms with van der Waals surface area (Å²) >= 11 is 0. The summed E-state index contributed by atoms with van der Waals surface area (Å²) in [6.45, 7) is 5.73. The Morgan fingerprint density at radius 3 is 2.38 bits per heavy atom. The fourth-order valence-corrected chi connectivity index (χ4v) is 3.85. The van der Waals surface area contributed by atoms with Gasteiger partial charge in [-0.25, -0.2) is 4.39 Å². The Morgan fingerprint density at radius 1 is 1.14 bits per heavy atom. The van der Waals surface area contributed by atoms with Crippen LogP contribution >= 0.6 is 0 Å². The second-order valence-electron chi connectivity index (χ2n) is 7.21. The van der Waals surface area contributed by atoms with Crippen molar-refractivity contribution in [2.45, 2.75) is 57.0 Å². The van der Waals surface area contributed by atoms with Crippen LogP contribution in [0.2, 0.25) is 0 Å². The average molecular weight is 294 g/mol. The number of benzene rings is 1. The van der Waals surface area contributed by atoms with E-state index < -0.39 is 11.7 Å². The summed E-state index contributed by atoms with van der Waals surface area (Å²) in [5, 5.41) is 21.0. The van der Waals surface area contributed by atoms with Gasteiger partial charge in [0.1, 0.15) is 5.82 Å². The molecular formula is C17H23FO3. The van der Waals surface area contributed by atoms with E-state index in [2.05, 4.69) is 0 Å². The van der Waals surface area contributed by atoms with Gasteiger partial charge in [-0.15, -0.1) is 0 Å². The van der Waals surface area contributed by atoms with Crippen molar-refractivity contribution in [3.05, 3.63) is 35.6 Å². The highest BCUT2D eigenvalue weighted by Gasteiger charge is 2.56. The molecule has 0 unspecified atom stereocenters. The van der Waals surface area contributed by atoms with Crippen molar-refractivity contribution in [1.82, 2.24) is 0 Å². The second-order valence-corrected chi connectivity index (χ2v) is 7.21. The third-order valence-electron chi connectivity index (χ3n) is 5.45. The van der Waals surface area contributed by atoms with E-state index in [1.807, 2.05) is 13.8 Å². The number of aliphatic hydroxyl groups excluding tert-OH is 1. The van der Waals surface area contributed by atoms with Gasteiger partial charge in [0.15, 0.2) is 0 Å². The minimum atomic E-state index is -1.19. The first kappa shape index (κ1) is 14.9. The fourth-order valence-electron chi connectivity index (χ4n) is 3.85. The topological polar surface area (TPSA) is 49.7 Å². The smallest absolute Gasteiger partial charge is 0.123 e. The Hall–Kier alpha value is -0.970. The van der Waals surface area contributed by atoms with E-state index in [4.69, 9.17) is 4.74 Å². The summed E-state index contributed by atoms with van der Waals surface area (Å²) < 4.78 is 19.4.